The molecule has 0 aromatic heterocycles. The summed E-state index contributed by atoms with van der Waals surface area (Å²) in [7, 11) is 0. The zero-order chi connectivity index (χ0) is 13.9. The third-order valence-electron chi connectivity index (χ3n) is 1.93. The molecule has 0 heterocycles. The van der Waals surface area contributed by atoms with Crippen LogP contribution in [0.25, 0.3) is 0 Å². The number of carboxylic acids is 1. The van der Waals surface area contributed by atoms with Crippen LogP contribution in [0, 0.1) is 6.92 Å². The molecular weight excluding hydrogens is 240 g/mol. The second-order valence-electron chi connectivity index (χ2n) is 3.63. The first-order valence-corrected chi connectivity index (χ1v) is 5.06. The molecule has 0 atom stereocenters. The minimum atomic E-state index is -1.27. The maximum absolute atomic E-state index is 11.1. The van der Waals surface area contributed by atoms with E-state index in [0.717, 1.165) is 6.92 Å². The van der Waals surface area contributed by atoms with Gasteiger partial charge in [-0.25, -0.2) is 4.79 Å². The minimum Gasteiger partial charge on any atom is -0.478 e. The van der Waals surface area contributed by atoms with Gasteiger partial charge in [-0.1, -0.05) is 0 Å². The van der Waals surface area contributed by atoms with Crippen LogP contribution >= 0.6 is 0 Å². The fourth-order valence-corrected chi connectivity index (χ4v) is 1.38. The maximum atomic E-state index is 11.1. The molecule has 1 rings (SSSR count). The first kappa shape index (κ1) is 13.7. The first-order valence-electron chi connectivity index (χ1n) is 5.06. The molecule has 6 heteroatoms. The van der Waals surface area contributed by atoms with E-state index in [0.29, 0.717) is 5.56 Å². The third-order valence-corrected chi connectivity index (χ3v) is 1.93. The van der Waals surface area contributed by atoms with Crippen LogP contribution in [0.2, 0.25) is 0 Å². The normalized spacial score (nSPS) is 9.72. The van der Waals surface area contributed by atoms with E-state index in [-0.39, 0.29) is 17.1 Å². The molecule has 1 aromatic rings. The second kappa shape index (κ2) is 5.31. The van der Waals surface area contributed by atoms with E-state index in [1.807, 2.05) is 0 Å². The Hall–Kier alpha value is -2.37. The van der Waals surface area contributed by atoms with Crippen LogP contribution < -0.4 is 9.47 Å². The summed E-state index contributed by atoms with van der Waals surface area (Å²) in [5, 5.41) is 9.03. The number of aromatic carboxylic acids is 1. The number of carbonyl (C=O) groups excluding carboxylic acids is 2. The smallest absolute Gasteiger partial charge is 0.339 e. The monoisotopic (exact) mass is 252 g/mol. The SMILES string of the molecule is CC(=O)Oc1cc(C)cc(C(=O)O)c1OC(C)=O. The molecule has 6 nitrogen and oxygen atoms in total. The molecule has 0 amide bonds. The molecule has 0 saturated heterocycles. The minimum absolute atomic E-state index is 0.0879. The van der Waals surface area contributed by atoms with Crippen molar-refractivity contribution >= 4 is 17.9 Å². The predicted octanol–water partition coefficient (Wildman–Crippen LogP) is 1.54. The molecule has 0 fully saturated rings. The summed E-state index contributed by atoms with van der Waals surface area (Å²) in [6.07, 6.45) is 0. The second-order valence-corrected chi connectivity index (χ2v) is 3.63. The van der Waals surface area contributed by atoms with E-state index < -0.39 is 17.9 Å². The molecule has 0 aliphatic carbocycles. The number of rotatable bonds is 3. The van der Waals surface area contributed by atoms with Gasteiger partial charge in [0.1, 0.15) is 5.56 Å². The molecule has 0 aliphatic rings. The molecule has 0 spiro atoms. The predicted molar refractivity (Wildman–Crippen MR) is 60.8 cm³/mol. The summed E-state index contributed by atoms with van der Waals surface area (Å²) >= 11 is 0. The number of hydrogen-bond donors (Lipinski definition) is 1. The highest BCUT2D eigenvalue weighted by molar-refractivity contribution is 5.94. The molecular formula is C12H12O6. The van der Waals surface area contributed by atoms with Gasteiger partial charge >= 0.3 is 17.9 Å². The Labute approximate surface area is 103 Å². The Morgan fingerprint density at radius 1 is 1.06 bits per heavy atom. The molecule has 0 unspecified atom stereocenters. The van der Waals surface area contributed by atoms with E-state index in [4.69, 9.17) is 14.6 Å². The topological polar surface area (TPSA) is 89.9 Å². The Morgan fingerprint density at radius 3 is 2.06 bits per heavy atom. The van der Waals surface area contributed by atoms with Gasteiger partial charge in [-0.05, 0) is 24.6 Å². The summed E-state index contributed by atoms with van der Waals surface area (Å²) in [6.45, 7) is 3.93. The van der Waals surface area contributed by atoms with Gasteiger partial charge in [0.2, 0.25) is 0 Å². The molecule has 96 valence electrons. The number of carbonyl (C=O) groups is 3. The van der Waals surface area contributed by atoms with Crippen molar-refractivity contribution in [3.63, 3.8) is 0 Å². The highest BCUT2D eigenvalue weighted by Gasteiger charge is 2.20. The van der Waals surface area contributed by atoms with Crippen LogP contribution in [-0.2, 0) is 9.59 Å². The van der Waals surface area contributed by atoms with Crippen LogP contribution in [0.15, 0.2) is 12.1 Å². The lowest BCUT2D eigenvalue weighted by molar-refractivity contribution is -0.134. The average molecular weight is 252 g/mol. The van der Waals surface area contributed by atoms with Crippen molar-refractivity contribution in [2.45, 2.75) is 20.8 Å². The molecule has 0 saturated carbocycles. The average Bonchev–Trinajstić information content (AvgIpc) is 2.19. The van der Waals surface area contributed by atoms with Gasteiger partial charge in [-0.3, -0.25) is 9.59 Å². The van der Waals surface area contributed by atoms with E-state index in [9.17, 15) is 14.4 Å². The van der Waals surface area contributed by atoms with Crippen molar-refractivity contribution in [3.05, 3.63) is 23.3 Å². The number of aryl methyl sites for hydroxylation is 1. The van der Waals surface area contributed by atoms with E-state index >= 15 is 0 Å². The lowest BCUT2D eigenvalue weighted by Gasteiger charge is -2.12. The lowest BCUT2D eigenvalue weighted by Crippen LogP contribution is -2.11. The van der Waals surface area contributed by atoms with Crippen LogP contribution in [-0.4, -0.2) is 23.0 Å². The Bertz CT molecular complexity index is 518. The number of carboxylic acid groups (broad SMARTS) is 1. The zero-order valence-corrected chi connectivity index (χ0v) is 10.1. The highest BCUT2D eigenvalue weighted by Crippen LogP contribution is 2.33. The van der Waals surface area contributed by atoms with Crippen molar-refractivity contribution in [1.82, 2.24) is 0 Å². The number of benzene rings is 1. The van der Waals surface area contributed by atoms with Crippen LogP contribution in [0.5, 0.6) is 11.5 Å². The molecule has 0 bridgehead atoms. The van der Waals surface area contributed by atoms with Gasteiger partial charge in [-0.15, -0.1) is 0 Å². The zero-order valence-electron chi connectivity index (χ0n) is 10.1. The summed E-state index contributed by atoms with van der Waals surface area (Å²) in [4.78, 5) is 33.0. The Morgan fingerprint density at radius 2 is 1.61 bits per heavy atom. The fraction of sp³-hybridized carbons (Fsp3) is 0.250. The molecule has 0 radical (unpaired) electrons. The van der Waals surface area contributed by atoms with Crippen molar-refractivity contribution in [2.75, 3.05) is 0 Å². The van der Waals surface area contributed by atoms with Crippen LogP contribution in [0.1, 0.15) is 29.8 Å². The van der Waals surface area contributed by atoms with Crippen LogP contribution in [0.3, 0.4) is 0 Å². The van der Waals surface area contributed by atoms with Gasteiger partial charge in [0.15, 0.2) is 11.5 Å². The molecule has 0 aliphatic heterocycles. The van der Waals surface area contributed by atoms with Gasteiger partial charge < -0.3 is 14.6 Å². The van der Waals surface area contributed by atoms with Crippen molar-refractivity contribution < 1.29 is 29.0 Å². The number of esters is 2. The summed E-state index contributed by atoms with van der Waals surface area (Å²) in [5.41, 5.74) is 0.334. The molecule has 1 aromatic carbocycles. The highest BCUT2D eigenvalue weighted by atomic mass is 16.6. The number of hydrogen-bond acceptors (Lipinski definition) is 5. The summed E-state index contributed by atoms with van der Waals surface area (Å²) in [6, 6.07) is 2.75. The van der Waals surface area contributed by atoms with E-state index in [1.165, 1.54) is 19.1 Å². The summed E-state index contributed by atoms with van der Waals surface area (Å²) < 4.78 is 9.64. The van der Waals surface area contributed by atoms with E-state index in [1.54, 1.807) is 6.92 Å². The largest absolute Gasteiger partial charge is 0.478 e. The van der Waals surface area contributed by atoms with Gasteiger partial charge in [-0.2, -0.15) is 0 Å². The third kappa shape index (κ3) is 3.31. The molecule has 1 N–H and O–H groups in total. The summed E-state index contributed by atoms with van der Waals surface area (Å²) in [5.74, 6) is -2.96. The Kier molecular flexibility index (Phi) is 4.04. The van der Waals surface area contributed by atoms with Gasteiger partial charge in [0.05, 0.1) is 0 Å². The lowest BCUT2D eigenvalue weighted by atomic mass is 10.1. The molecule has 18 heavy (non-hydrogen) atoms. The van der Waals surface area contributed by atoms with Crippen molar-refractivity contribution in [2.24, 2.45) is 0 Å². The standard InChI is InChI=1S/C12H12O6/c1-6-4-9(12(15)16)11(18-8(3)14)10(5-6)17-7(2)13/h4-5H,1-3H3,(H,15,16). The van der Waals surface area contributed by atoms with Gasteiger partial charge in [0, 0.05) is 13.8 Å². The van der Waals surface area contributed by atoms with Crippen molar-refractivity contribution in [1.29, 1.82) is 0 Å². The Balaban J connectivity index is 3.41. The van der Waals surface area contributed by atoms with E-state index in [2.05, 4.69) is 0 Å². The van der Waals surface area contributed by atoms with Gasteiger partial charge in [0.25, 0.3) is 0 Å². The number of ether oxygens (including phenoxy) is 2. The first-order chi connectivity index (χ1) is 8.31. The maximum Gasteiger partial charge on any atom is 0.339 e. The van der Waals surface area contributed by atoms with Crippen LogP contribution in [0.4, 0.5) is 0 Å². The fourth-order valence-electron chi connectivity index (χ4n) is 1.38. The van der Waals surface area contributed by atoms with Crippen molar-refractivity contribution in [3.8, 4) is 11.5 Å². The quantitative estimate of drug-likeness (QED) is 0.648.